The summed E-state index contributed by atoms with van der Waals surface area (Å²) < 4.78 is 1.86. The first-order chi connectivity index (χ1) is 8.08. The van der Waals surface area contributed by atoms with Gasteiger partial charge in [0.25, 0.3) is 0 Å². The van der Waals surface area contributed by atoms with Crippen LogP contribution in [0.1, 0.15) is 24.3 Å². The van der Waals surface area contributed by atoms with E-state index in [0.29, 0.717) is 0 Å². The fourth-order valence-corrected chi connectivity index (χ4v) is 2.84. The van der Waals surface area contributed by atoms with Crippen LogP contribution in [0.4, 0.5) is 0 Å². The van der Waals surface area contributed by atoms with Gasteiger partial charge in [0, 0.05) is 11.9 Å². The first-order valence-electron chi connectivity index (χ1n) is 5.53. The number of hydrogen-bond acceptors (Lipinski definition) is 3. The average Bonchev–Trinajstić information content (AvgIpc) is 2.58. The van der Waals surface area contributed by atoms with E-state index in [-0.39, 0.29) is 0 Å². The van der Waals surface area contributed by atoms with E-state index in [0.717, 1.165) is 21.2 Å². The molecule has 3 nitrogen and oxygen atoms in total. The van der Waals surface area contributed by atoms with E-state index in [1.54, 1.807) is 18.7 Å². The molecule has 1 atom stereocenters. The predicted molar refractivity (Wildman–Crippen MR) is 69.1 cm³/mol. The molecule has 1 aromatic carbocycles. The highest BCUT2D eigenvalue weighted by Crippen LogP contribution is 2.33. The van der Waals surface area contributed by atoms with Gasteiger partial charge in [0.15, 0.2) is 0 Å². The summed E-state index contributed by atoms with van der Waals surface area (Å²) >= 11 is 1.63. The van der Waals surface area contributed by atoms with Crippen LogP contribution in [0.2, 0.25) is 0 Å². The molecule has 1 N–H and O–H groups in total. The molecular formula is C13H16N2OS. The molecule has 0 aliphatic rings. The molecule has 0 saturated heterocycles. The first kappa shape index (κ1) is 12.2. The highest BCUT2D eigenvalue weighted by molar-refractivity contribution is 7.99. The molecule has 0 radical (unpaired) electrons. The van der Waals surface area contributed by atoms with Crippen LogP contribution in [0.3, 0.4) is 0 Å². The summed E-state index contributed by atoms with van der Waals surface area (Å²) in [4.78, 5) is 1.07. The van der Waals surface area contributed by atoms with Gasteiger partial charge in [-0.25, -0.2) is 0 Å². The summed E-state index contributed by atoms with van der Waals surface area (Å²) in [7, 11) is 1.93. The minimum atomic E-state index is -0.451. The molecule has 1 heterocycles. The predicted octanol–water partition coefficient (Wildman–Crippen LogP) is 2.93. The van der Waals surface area contributed by atoms with Crippen molar-refractivity contribution in [1.29, 1.82) is 0 Å². The lowest BCUT2D eigenvalue weighted by Crippen LogP contribution is -1.96. The third-order valence-electron chi connectivity index (χ3n) is 2.54. The summed E-state index contributed by atoms with van der Waals surface area (Å²) in [6.45, 7) is 3.76. The average molecular weight is 248 g/mol. The van der Waals surface area contributed by atoms with Gasteiger partial charge in [-0.3, -0.25) is 4.68 Å². The quantitative estimate of drug-likeness (QED) is 0.907. The van der Waals surface area contributed by atoms with Gasteiger partial charge >= 0.3 is 0 Å². The van der Waals surface area contributed by atoms with Crippen molar-refractivity contribution in [1.82, 2.24) is 9.78 Å². The Morgan fingerprint density at radius 2 is 2.06 bits per heavy atom. The number of aliphatic hydroxyl groups is 1. The summed E-state index contributed by atoms with van der Waals surface area (Å²) in [6, 6.07) is 9.95. The Bertz CT molecular complexity index is 520. The van der Waals surface area contributed by atoms with Crippen molar-refractivity contribution in [2.24, 2.45) is 7.05 Å². The molecule has 90 valence electrons. The Morgan fingerprint density at radius 1 is 1.35 bits per heavy atom. The normalized spacial score (nSPS) is 12.7. The Labute approximate surface area is 105 Å². The van der Waals surface area contributed by atoms with Crippen LogP contribution >= 0.6 is 11.8 Å². The maximum atomic E-state index is 9.72. The molecule has 0 spiro atoms. The fraction of sp³-hybridized carbons (Fsp3) is 0.308. The van der Waals surface area contributed by atoms with Crippen molar-refractivity contribution in [2.75, 3.05) is 0 Å². The number of aromatic nitrogens is 2. The Balaban J connectivity index is 2.33. The number of benzene rings is 1. The van der Waals surface area contributed by atoms with Gasteiger partial charge in [0.2, 0.25) is 0 Å². The van der Waals surface area contributed by atoms with Crippen molar-refractivity contribution in [3.05, 3.63) is 41.6 Å². The van der Waals surface area contributed by atoms with E-state index < -0.39 is 6.10 Å². The van der Waals surface area contributed by atoms with Crippen LogP contribution < -0.4 is 0 Å². The number of aliphatic hydroxyl groups excluding tert-OH is 1. The molecule has 2 aromatic rings. The monoisotopic (exact) mass is 248 g/mol. The van der Waals surface area contributed by atoms with Crippen molar-refractivity contribution in [2.45, 2.75) is 29.9 Å². The summed E-state index contributed by atoms with van der Waals surface area (Å²) in [5.74, 6) is 0. The number of nitrogens with zero attached hydrogens (tertiary/aromatic N) is 2. The first-order valence-corrected chi connectivity index (χ1v) is 6.35. The smallest absolute Gasteiger partial charge is 0.0987 e. The molecular weight excluding hydrogens is 232 g/mol. The van der Waals surface area contributed by atoms with Gasteiger partial charge in [-0.05, 0) is 31.5 Å². The lowest BCUT2D eigenvalue weighted by molar-refractivity contribution is 0.196. The van der Waals surface area contributed by atoms with Gasteiger partial charge in [-0.2, -0.15) is 5.10 Å². The summed E-state index contributed by atoms with van der Waals surface area (Å²) in [5.41, 5.74) is 1.96. The third kappa shape index (κ3) is 2.70. The maximum Gasteiger partial charge on any atom is 0.0987 e. The standard InChI is InChI=1S/C13H16N2OS/c1-9-8-13(15(3)14-9)17-12-7-5-4-6-11(12)10(2)16/h4-8,10,16H,1-3H3. The molecule has 4 heteroatoms. The Kier molecular flexibility index (Phi) is 3.54. The van der Waals surface area contributed by atoms with Gasteiger partial charge in [0.1, 0.15) is 0 Å². The molecule has 0 fully saturated rings. The van der Waals surface area contributed by atoms with Crippen LogP contribution in [0.5, 0.6) is 0 Å². The molecule has 17 heavy (non-hydrogen) atoms. The lowest BCUT2D eigenvalue weighted by atomic mass is 10.1. The zero-order valence-electron chi connectivity index (χ0n) is 10.2. The lowest BCUT2D eigenvalue weighted by Gasteiger charge is -2.10. The molecule has 1 unspecified atom stereocenters. The second kappa shape index (κ2) is 4.94. The molecule has 1 aromatic heterocycles. The van der Waals surface area contributed by atoms with Gasteiger partial charge in [0.05, 0.1) is 16.8 Å². The second-order valence-corrected chi connectivity index (χ2v) is 5.13. The minimum absolute atomic E-state index is 0.451. The maximum absolute atomic E-state index is 9.72. The highest BCUT2D eigenvalue weighted by Gasteiger charge is 2.10. The van der Waals surface area contributed by atoms with E-state index in [4.69, 9.17) is 0 Å². The van der Waals surface area contributed by atoms with E-state index in [1.165, 1.54) is 0 Å². The minimum Gasteiger partial charge on any atom is -0.389 e. The van der Waals surface area contributed by atoms with Crippen LogP contribution in [-0.4, -0.2) is 14.9 Å². The third-order valence-corrected chi connectivity index (χ3v) is 3.73. The van der Waals surface area contributed by atoms with Crippen LogP contribution in [-0.2, 0) is 7.05 Å². The topological polar surface area (TPSA) is 38.0 Å². The molecule has 2 rings (SSSR count). The SMILES string of the molecule is Cc1cc(Sc2ccccc2C(C)O)n(C)n1. The second-order valence-electron chi connectivity index (χ2n) is 4.06. The van der Waals surface area contributed by atoms with E-state index in [9.17, 15) is 5.11 Å². The Hall–Kier alpha value is -1.26. The molecule has 0 aliphatic heterocycles. The van der Waals surface area contributed by atoms with Gasteiger partial charge < -0.3 is 5.11 Å². The molecule has 0 amide bonds. The van der Waals surface area contributed by atoms with Crippen LogP contribution in [0, 0.1) is 6.92 Å². The zero-order valence-corrected chi connectivity index (χ0v) is 11.0. The molecule has 0 saturated carbocycles. The summed E-state index contributed by atoms with van der Waals surface area (Å²) in [6.07, 6.45) is -0.451. The molecule has 0 bridgehead atoms. The summed E-state index contributed by atoms with van der Waals surface area (Å²) in [5, 5.41) is 15.1. The van der Waals surface area contributed by atoms with Gasteiger partial charge in [-0.1, -0.05) is 30.0 Å². The number of rotatable bonds is 3. The van der Waals surface area contributed by atoms with Crippen molar-refractivity contribution < 1.29 is 5.11 Å². The zero-order chi connectivity index (χ0) is 12.4. The van der Waals surface area contributed by atoms with Crippen molar-refractivity contribution >= 4 is 11.8 Å². The van der Waals surface area contributed by atoms with Crippen molar-refractivity contribution in [3.8, 4) is 0 Å². The van der Waals surface area contributed by atoms with Crippen LogP contribution in [0.25, 0.3) is 0 Å². The van der Waals surface area contributed by atoms with Crippen LogP contribution in [0.15, 0.2) is 40.3 Å². The number of aryl methyl sites for hydroxylation is 2. The largest absolute Gasteiger partial charge is 0.389 e. The van der Waals surface area contributed by atoms with E-state index in [1.807, 2.05) is 49.0 Å². The van der Waals surface area contributed by atoms with Gasteiger partial charge in [-0.15, -0.1) is 0 Å². The molecule has 0 aliphatic carbocycles. The van der Waals surface area contributed by atoms with E-state index >= 15 is 0 Å². The van der Waals surface area contributed by atoms with Crippen molar-refractivity contribution in [3.63, 3.8) is 0 Å². The highest BCUT2D eigenvalue weighted by atomic mass is 32.2. The Morgan fingerprint density at radius 3 is 2.65 bits per heavy atom. The van der Waals surface area contributed by atoms with E-state index in [2.05, 4.69) is 5.10 Å². The fourth-order valence-electron chi connectivity index (χ4n) is 1.71. The number of hydrogen-bond donors (Lipinski definition) is 1.